The van der Waals surface area contributed by atoms with Gasteiger partial charge in [0.2, 0.25) is 0 Å². The fourth-order valence-electron chi connectivity index (χ4n) is 7.35. The Hall–Kier alpha value is -6.78. The maximum atomic E-state index is 4.83. The molecule has 51 heavy (non-hydrogen) atoms. The molecule has 9 rings (SSSR count). The molecule has 0 saturated carbocycles. The number of hydrogen-bond donors (Lipinski definition) is 0. The average molecular weight is 653 g/mol. The van der Waals surface area contributed by atoms with Crippen molar-refractivity contribution >= 4 is 61.1 Å². The van der Waals surface area contributed by atoms with E-state index in [1.807, 2.05) is 43.0 Å². The predicted molar refractivity (Wildman–Crippen MR) is 214 cm³/mol. The molecule has 0 radical (unpaired) electrons. The first-order chi connectivity index (χ1) is 25.2. The molecule has 4 heteroatoms. The maximum Gasteiger partial charge on any atom is 0.0708 e. The molecule has 9 aromatic rings. The largest absolute Gasteiger partial charge is 0.257 e. The van der Waals surface area contributed by atoms with Gasteiger partial charge in [0, 0.05) is 41.1 Å². The molecular formula is C47H32N4. The number of pyridine rings is 4. The lowest BCUT2D eigenvalue weighted by Crippen LogP contribution is -1.93. The molecule has 0 bridgehead atoms. The number of nitrogens with zero attached hydrogens (tertiary/aromatic N) is 4. The van der Waals surface area contributed by atoms with Crippen molar-refractivity contribution in [2.24, 2.45) is 0 Å². The molecule has 0 saturated heterocycles. The normalized spacial score (nSPS) is 11.8. The van der Waals surface area contributed by atoms with Crippen molar-refractivity contribution in [2.75, 3.05) is 0 Å². The molecule has 0 amide bonds. The lowest BCUT2D eigenvalue weighted by molar-refractivity contribution is 1.27. The van der Waals surface area contributed by atoms with Crippen LogP contribution in [0.15, 0.2) is 159 Å². The summed E-state index contributed by atoms with van der Waals surface area (Å²) in [5, 5.41) is 6.91. The van der Waals surface area contributed by atoms with Crippen molar-refractivity contribution in [2.45, 2.75) is 6.92 Å². The number of allylic oxidation sites excluding steroid dienone is 1. The Morgan fingerprint density at radius 3 is 1.80 bits per heavy atom. The van der Waals surface area contributed by atoms with Gasteiger partial charge in [-0.3, -0.25) is 19.9 Å². The van der Waals surface area contributed by atoms with Crippen LogP contribution in [0.2, 0.25) is 0 Å². The fourth-order valence-corrected chi connectivity index (χ4v) is 7.35. The molecule has 4 heterocycles. The van der Waals surface area contributed by atoms with E-state index < -0.39 is 0 Å². The topological polar surface area (TPSA) is 51.6 Å². The first-order valence-electron chi connectivity index (χ1n) is 17.1. The third-order valence-electron chi connectivity index (χ3n) is 9.81. The quantitative estimate of drug-likeness (QED) is 0.168. The van der Waals surface area contributed by atoms with Gasteiger partial charge in [-0.2, -0.15) is 0 Å². The third-order valence-corrected chi connectivity index (χ3v) is 9.81. The highest BCUT2D eigenvalue weighted by molar-refractivity contribution is 6.16. The first kappa shape index (κ1) is 30.3. The van der Waals surface area contributed by atoms with Crippen LogP contribution in [-0.4, -0.2) is 19.9 Å². The molecule has 0 fully saturated rings. The Kier molecular flexibility index (Phi) is 7.48. The van der Waals surface area contributed by atoms with Gasteiger partial charge in [-0.1, -0.05) is 85.5 Å². The number of aromatic nitrogens is 4. The summed E-state index contributed by atoms with van der Waals surface area (Å²) in [6.07, 6.45) is 11.7. The highest BCUT2D eigenvalue weighted by atomic mass is 14.7. The molecule has 0 N–H and O–H groups in total. The van der Waals surface area contributed by atoms with E-state index in [2.05, 4.69) is 145 Å². The van der Waals surface area contributed by atoms with Crippen LogP contribution in [0, 0.1) is 0 Å². The van der Waals surface area contributed by atoms with Crippen molar-refractivity contribution < 1.29 is 0 Å². The van der Waals surface area contributed by atoms with Crippen LogP contribution >= 0.6 is 0 Å². The van der Waals surface area contributed by atoms with Crippen LogP contribution < -0.4 is 0 Å². The molecule has 0 aliphatic rings. The number of rotatable bonds is 6. The van der Waals surface area contributed by atoms with E-state index in [0.29, 0.717) is 0 Å². The van der Waals surface area contributed by atoms with Crippen molar-refractivity contribution in [3.8, 4) is 33.5 Å². The van der Waals surface area contributed by atoms with Crippen LogP contribution in [0.4, 0.5) is 0 Å². The standard InChI is InChI=1S/C47H32N4/c1-3-34-39-19-18-33(47-29-32(21-25-51-47)36-13-7-17-45-41(36)15-9-23-49-45)27-43(39)38-11-5-4-10-37(38)42(34)26-30(2)46-28-31(20-24-50-46)35-12-6-16-44-40(35)14-8-22-48-44/h3-29H,1H2,2H3/b30-26+. The highest BCUT2D eigenvalue weighted by Gasteiger charge is 2.15. The SMILES string of the molecule is C=Cc1c(/C=C(\C)c2cc(-c3cccc4ncccc34)ccn2)c2ccccc2c2cc(-c3cc(-c4cccc5ncccc45)ccn3)ccc12. The van der Waals surface area contributed by atoms with E-state index in [1.165, 1.54) is 10.8 Å². The molecule has 4 nitrogen and oxygen atoms in total. The first-order valence-corrected chi connectivity index (χ1v) is 17.1. The second-order valence-electron chi connectivity index (χ2n) is 12.8. The molecule has 0 unspecified atom stereocenters. The van der Waals surface area contributed by atoms with Crippen molar-refractivity contribution in [1.82, 2.24) is 19.9 Å². The van der Waals surface area contributed by atoms with Crippen molar-refractivity contribution in [3.63, 3.8) is 0 Å². The van der Waals surface area contributed by atoms with Gasteiger partial charge in [0.25, 0.3) is 0 Å². The molecule has 0 spiro atoms. The monoisotopic (exact) mass is 652 g/mol. The zero-order valence-corrected chi connectivity index (χ0v) is 28.1. The van der Waals surface area contributed by atoms with E-state index in [9.17, 15) is 0 Å². The van der Waals surface area contributed by atoms with Crippen LogP contribution in [0.1, 0.15) is 23.7 Å². The van der Waals surface area contributed by atoms with E-state index in [-0.39, 0.29) is 0 Å². The Morgan fingerprint density at radius 2 is 1.10 bits per heavy atom. The molecule has 0 aliphatic heterocycles. The van der Waals surface area contributed by atoms with Gasteiger partial charge in [0.15, 0.2) is 0 Å². The van der Waals surface area contributed by atoms with E-state index >= 15 is 0 Å². The Morgan fingerprint density at radius 1 is 0.471 bits per heavy atom. The lowest BCUT2D eigenvalue weighted by Gasteiger charge is -2.16. The van der Waals surface area contributed by atoms with E-state index in [4.69, 9.17) is 9.97 Å². The van der Waals surface area contributed by atoms with Gasteiger partial charge in [-0.25, -0.2) is 0 Å². The average Bonchev–Trinajstić information content (AvgIpc) is 3.20. The smallest absolute Gasteiger partial charge is 0.0708 e. The Balaban J connectivity index is 1.16. The summed E-state index contributed by atoms with van der Waals surface area (Å²) in [4.78, 5) is 18.8. The Labute approximate surface area is 296 Å². The molecule has 240 valence electrons. The second-order valence-corrected chi connectivity index (χ2v) is 12.8. The summed E-state index contributed by atoms with van der Waals surface area (Å²) >= 11 is 0. The molecule has 4 aromatic heterocycles. The summed E-state index contributed by atoms with van der Waals surface area (Å²) in [6, 6.07) is 44.5. The van der Waals surface area contributed by atoms with E-state index in [0.717, 1.165) is 88.5 Å². The van der Waals surface area contributed by atoms with Crippen LogP contribution in [0.25, 0.3) is 94.6 Å². The summed E-state index contributed by atoms with van der Waals surface area (Å²) < 4.78 is 0. The van der Waals surface area contributed by atoms with Gasteiger partial charge in [-0.15, -0.1) is 0 Å². The predicted octanol–water partition coefficient (Wildman–Crippen LogP) is 12.1. The molecule has 5 aromatic carbocycles. The van der Waals surface area contributed by atoms with Crippen LogP contribution in [0.3, 0.4) is 0 Å². The Bertz CT molecular complexity index is 2840. The van der Waals surface area contributed by atoms with Gasteiger partial charge in [-0.05, 0) is 128 Å². The number of benzene rings is 5. The highest BCUT2D eigenvalue weighted by Crippen LogP contribution is 2.39. The van der Waals surface area contributed by atoms with Crippen molar-refractivity contribution in [1.29, 1.82) is 0 Å². The van der Waals surface area contributed by atoms with E-state index in [1.54, 1.807) is 0 Å². The zero-order valence-electron chi connectivity index (χ0n) is 28.1. The van der Waals surface area contributed by atoms with Gasteiger partial charge in [0.05, 0.1) is 22.4 Å². The van der Waals surface area contributed by atoms with Crippen LogP contribution in [-0.2, 0) is 0 Å². The number of fused-ring (bicyclic) bond motifs is 5. The second kappa shape index (κ2) is 12.6. The van der Waals surface area contributed by atoms with Gasteiger partial charge < -0.3 is 0 Å². The van der Waals surface area contributed by atoms with Gasteiger partial charge in [0.1, 0.15) is 0 Å². The van der Waals surface area contributed by atoms with Gasteiger partial charge >= 0.3 is 0 Å². The molecule has 0 aliphatic carbocycles. The summed E-state index contributed by atoms with van der Waals surface area (Å²) in [5.41, 5.74) is 12.7. The van der Waals surface area contributed by atoms with Crippen LogP contribution in [0.5, 0.6) is 0 Å². The fraction of sp³-hybridized carbons (Fsp3) is 0.0213. The maximum absolute atomic E-state index is 4.83. The zero-order chi connectivity index (χ0) is 34.3. The minimum absolute atomic E-state index is 0.923. The third kappa shape index (κ3) is 5.34. The summed E-state index contributed by atoms with van der Waals surface area (Å²) in [6.45, 7) is 6.43. The minimum atomic E-state index is 0.923. The number of hydrogen-bond acceptors (Lipinski definition) is 4. The summed E-state index contributed by atoms with van der Waals surface area (Å²) in [5.74, 6) is 0. The minimum Gasteiger partial charge on any atom is -0.257 e. The molecular weight excluding hydrogens is 621 g/mol. The molecule has 0 atom stereocenters. The lowest BCUT2D eigenvalue weighted by atomic mass is 9.89. The van der Waals surface area contributed by atoms with Crippen molar-refractivity contribution in [3.05, 3.63) is 176 Å². The summed E-state index contributed by atoms with van der Waals surface area (Å²) in [7, 11) is 0.